The predicted octanol–water partition coefficient (Wildman–Crippen LogP) is 2.51. The number of amides is 1. The summed E-state index contributed by atoms with van der Waals surface area (Å²) in [4.78, 5) is 14.9. The third-order valence-electron chi connectivity index (χ3n) is 2.47. The topological polar surface area (TPSA) is 44.9 Å². The third-order valence-corrected chi connectivity index (χ3v) is 2.47. The average Bonchev–Trinajstić information content (AvgIpc) is 2.83. The highest BCUT2D eigenvalue weighted by Gasteiger charge is 2.10. The minimum atomic E-state index is -0.0531. The van der Waals surface area contributed by atoms with Crippen molar-refractivity contribution in [1.29, 1.82) is 0 Å². The number of carbonyl (C=O) groups is 1. The molecule has 0 aliphatic heterocycles. The lowest BCUT2D eigenvalue weighted by Gasteiger charge is -2.12. The molecule has 0 bridgehead atoms. The zero-order valence-electron chi connectivity index (χ0n) is 9.10. The third kappa shape index (κ3) is 2.31. The zero-order chi connectivity index (χ0) is 11.4. The average molecular weight is 214 g/mol. The van der Waals surface area contributed by atoms with Crippen LogP contribution in [0.1, 0.15) is 29.0 Å². The molecule has 0 spiro atoms. The van der Waals surface area contributed by atoms with E-state index in [0.29, 0.717) is 5.56 Å². The van der Waals surface area contributed by atoms with Gasteiger partial charge in [0.2, 0.25) is 0 Å². The Morgan fingerprint density at radius 2 is 1.94 bits per heavy atom. The summed E-state index contributed by atoms with van der Waals surface area (Å²) in [6.07, 6.45) is 1.85. The molecule has 2 aromatic rings. The van der Waals surface area contributed by atoms with Crippen molar-refractivity contribution in [1.82, 2.24) is 10.3 Å². The summed E-state index contributed by atoms with van der Waals surface area (Å²) in [5.74, 6) is -0.0531. The zero-order valence-corrected chi connectivity index (χ0v) is 9.10. The fraction of sp³-hybridized carbons (Fsp3) is 0.154. The SMILES string of the molecule is C[C@H](NC(=O)c1ccccc1)c1ccc[nH]1. The molecule has 0 saturated heterocycles. The molecule has 2 rings (SSSR count). The molecule has 0 saturated carbocycles. The summed E-state index contributed by atoms with van der Waals surface area (Å²) < 4.78 is 0. The van der Waals surface area contributed by atoms with Gasteiger partial charge in [-0.15, -0.1) is 0 Å². The molecule has 1 atom stereocenters. The number of hydrogen-bond donors (Lipinski definition) is 2. The second-order valence-electron chi connectivity index (χ2n) is 3.69. The first kappa shape index (κ1) is 10.5. The maximum absolute atomic E-state index is 11.8. The van der Waals surface area contributed by atoms with Crippen molar-refractivity contribution in [2.75, 3.05) is 0 Å². The molecule has 0 fully saturated rings. The Morgan fingerprint density at radius 1 is 1.19 bits per heavy atom. The number of aromatic amines is 1. The van der Waals surface area contributed by atoms with Crippen LogP contribution in [0.2, 0.25) is 0 Å². The Labute approximate surface area is 94.5 Å². The fourth-order valence-electron chi connectivity index (χ4n) is 1.56. The van der Waals surface area contributed by atoms with Gasteiger partial charge in [-0.1, -0.05) is 18.2 Å². The van der Waals surface area contributed by atoms with Crippen LogP contribution in [0.5, 0.6) is 0 Å². The standard InChI is InChI=1S/C13H14N2O/c1-10(12-8-5-9-14-12)15-13(16)11-6-3-2-4-7-11/h2-10,14H,1H3,(H,15,16)/t10-/m0/s1. The van der Waals surface area contributed by atoms with Crippen LogP contribution in [0, 0.1) is 0 Å². The van der Waals surface area contributed by atoms with Crippen LogP contribution in [-0.4, -0.2) is 10.9 Å². The molecule has 1 aromatic carbocycles. The summed E-state index contributed by atoms with van der Waals surface area (Å²) in [7, 11) is 0. The van der Waals surface area contributed by atoms with Crippen LogP contribution in [0.25, 0.3) is 0 Å². The van der Waals surface area contributed by atoms with Crippen LogP contribution < -0.4 is 5.32 Å². The van der Waals surface area contributed by atoms with E-state index < -0.39 is 0 Å². The minimum absolute atomic E-state index is 0.0114. The Balaban J connectivity index is 2.03. The molecule has 16 heavy (non-hydrogen) atoms. The molecule has 0 aliphatic carbocycles. The monoisotopic (exact) mass is 214 g/mol. The minimum Gasteiger partial charge on any atom is -0.363 e. The number of aromatic nitrogens is 1. The Hall–Kier alpha value is -2.03. The maximum atomic E-state index is 11.8. The molecule has 1 amide bonds. The normalized spacial score (nSPS) is 12.1. The van der Waals surface area contributed by atoms with Crippen molar-refractivity contribution in [3.05, 3.63) is 59.9 Å². The van der Waals surface area contributed by atoms with Crippen molar-refractivity contribution in [2.24, 2.45) is 0 Å². The highest BCUT2D eigenvalue weighted by molar-refractivity contribution is 5.94. The van der Waals surface area contributed by atoms with Gasteiger partial charge in [-0.25, -0.2) is 0 Å². The Bertz CT molecular complexity index is 448. The molecule has 2 N–H and O–H groups in total. The lowest BCUT2D eigenvalue weighted by Crippen LogP contribution is -2.26. The van der Waals surface area contributed by atoms with E-state index >= 15 is 0 Å². The van der Waals surface area contributed by atoms with E-state index in [1.54, 1.807) is 12.1 Å². The molecule has 3 nitrogen and oxygen atoms in total. The summed E-state index contributed by atoms with van der Waals surface area (Å²) in [5, 5.41) is 2.93. The van der Waals surface area contributed by atoms with Crippen LogP contribution in [0.4, 0.5) is 0 Å². The van der Waals surface area contributed by atoms with E-state index in [2.05, 4.69) is 10.3 Å². The molecule has 82 valence electrons. The first-order valence-electron chi connectivity index (χ1n) is 5.26. The maximum Gasteiger partial charge on any atom is 0.251 e. The fourth-order valence-corrected chi connectivity index (χ4v) is 1.56. The Morgan fingerprint density at radius 3 is 2.56 bits per heavy atom. The van der Waals surface area contributed by atoms with E-state index in [4.69, 9.17) is 0 Å². The van der Waals surface area contributed by atoms with E-state index in [1.165, 1.54) is 0 Å². The molecule has 1 heterocycles. The van der Waals surface area contributed by atoms with Gasteiger partial charge in [-0.2, -0.15) is 0 Å². The highest BCUT2D eigenvalue weighted by atomic mass is 16.1. The van der Waals surface area contributed by atoms with Crippen LogP contribution in [-0.2, 0) is 0 Å². The molecular weight excluding hydrogens is 200 g/mol. The summed E-state index contributed by atoms with van der Waals surface area (Å²) >= 11 is 0. The smallest absolute Gasteiger partial charge is 0.251 e. The van der Waals surface area contributed by atoms with Gasteiger partial charge >= 0.3 is 0 Å². The number of carbonyl (C=O) groups excluding carboxylic acids is 1. The van der Waals surface area contributed by atoms with E-state index in [1.807, 2.05) is 43.5 Å². The van der Waals surface area contributed by atoms with Crippen molar-refractivity contribution < 1.29 is 4.79 Å². The van der Waals surface area contributed by atoms with Crippen LogP contribution in [0.15, 0.2) is 48.7 Å². The number of hydrogen-bond acceptors (Lipinski definition) is 1. The van der Waals surface area contributed by atoms with Gasteiger partial charge in [0, 0.05) is 17.5 Å². The quantitative estimate of drug-likeness (QED) is 0.810. The van der Waals surface area contributed by atoms with E-state index in [0.717, 1.165) is 5.69 Å². The van der Waals surface area contributed by atoms with Gasteiger partial charge in [0.1, 0.15) is 0 Å². The summed E-state index contributed by atoms with van der Waals surface area (Å²) in [6, 6.07) is 13.1. The van der Waals surface area contributed by atoms with Crippen molar-refractivity contribution in [3.8, 4) is 0 Å². The molecule has 0 radical (unpaired) electrons. The number of nitrogens with one attached hydrogen (secondary N) is 2. The molecule has 3 heteroatoms. The van der Waals surface area contributed by atoms with Gasteiger partial charge in [-0.3, -0.25) is 4.79 Å². The largest absolute Gasteiger partial charge is 0.363 e. The lowest BCUT2D eigenvalue weighted by molar-refractivity contribution is 0.0939. The van der Waals surface area contributed by atoms with Crippen LogP contribution in [0.3, 0.4) is 0 Å². The van der Waals surface area contributed by atoms with Gasteiger partial charge in [-0.05, 0) is 31.2 Å². The second kappa shape index (κ2) is 4.66. The Kier molecular flexibility index (Phi) is 3.05. The second-order valence-corrected chi connectivity index (χ2v) is 3.69. The van der Waals surface area contributed by atoms with Crippen LogP contribution >= 0.6 is 0 Å². The molecule has 1 aromatic heterocycles. The van der Waals surface area contributed by atoms with Gasteiger partial charge < -0.3 is 10.3 Å². The van der Waals surface area contributed by atoms with E-state index in [-0.39, 0.29) is 11.9 Å². The van der Waals surface area contributed by atoms with Crippen molar-refractivity contribution in [3.63, 3.8) is 0 Å². The van der Waals surface area contributed by atoms with Gasteiger partial charge in [0.05, 0.1) is 6.04 Å². The van der Waals surface area contributed by atoms with E-state index in [9.17, 15) is 4.79 Å². The van der Waals surface area contributed by atoms with Crippen molar-refractivity contribution >= 4 is 5.91 Å². The molecule has 0 aliphatic rings. The first-order chi connectivity index (χ1) is 7.77. The number of rotatable bonds is 3. The summed E-state index contributed by atoms with van der Waals surface area (Å²) in [6.45, 7) is 1.95. The highest BCUT2D eigenvalue weighted by Crippen LogP contribution is 2.10. The van der Waals surface area contributed by atoms with Crippen molar-refractivity contribution in [2.45, 2.75) is 13.0 Å². The predicted molar refractivity (Wildman–Crippen MR) is 63.1 cm³/mol. The molecular formula is C13H14N2O. The number of benzene rings is 1. The first-order valence-corrected chi connectivity index (χ1v) is 5.26. The van der Waals surface area contributed by atoms with Gasteiger partial charge in [0.25, 0.3) is 5.91 Å². The number of H-pyrrole nitrogens is 1. The van der Waals surface area contributed by atoms with Gasteiger partial charge in [0.15, 0.2) is 0 Å². The molecule has 0 unspecified atom stereocenters. The summed E-state index contributed by atoms with van der Waals surface area (Å²) in [5.41, 5.74) is 1.69. The lowest BCUT2D eigenvalue weighted by atomic mass is 10.2.